The minimum absolute atomic E-state index is 0.0272. The summed E-state index contributed by atoms with van der Waals surface area (Å²) < 4.78 is 12.9. The topological polar surface area (TPSA) is 82.6 Å². The zero-order valence-electron chi connectivity index (χ0n) is 14.9. The van der Waals surface area contributed by atoms with Crippen LogP contribution in [-0.4, -0.2) is 54.0 Å². The summed E-state index contributed by atoms with van der Waals surface area (Å²) in [7, 11) is 1.65. The van der Waals surface area contributed by atoms with E-state index >= 15 is 0 Å². The van der Waals surface area contributed by atoms with Crippen molar-refractivity contribution in [2.45, 2.75) is 19.9 Å². The summed E-state index contributed by atoms with van der Waals surface area (Å²) in [6.45, 7) is 6.04. The summed E-state index contributed by atoms with van der Waals surface area (Å²) in [5.74, 6) is 0.449. The number of benzene rings is 1. The molecule has 1 amide bonds. The normalized spacial score (nSPS) is 18.3. The van der Waals surface area contributed by atoms with Crippen molar-refractivity contribution in [3.05, 3.63) is 41.2 Å². The first-order valence-electron chi connectivity index (χ1n) is 8.32. The van der Waals surface area contributed by atoms with E-state index in [4.69, 9.17) is 20.3 Å². The van der Waals surface area contributed by atoms with Crippen LogP contribution in [0.2, 0.25) is 0 Å². The fraction of sp³-hybridized carbons (Fsp3) is 0.444. The lowest BCUT2D eigenvalue weighted by atomic mass is 10.0. The van der Waals surface area contributed by atoms with Gasteiger partial charge in [0.2, 0.25) is 5.91 Å². The number of hydrogen-bond acceptors (Lipinski definition) is 5. The van der Waals surface area contributed by atoms with Crippen molar-refractivity contribution in [1.29, 1.82) is 0 Å². The first-order chi connectivity index (χ1) is 12.0. The average molecular weight is 344 g/mol. The van der Waals surface area contributed by atoms with Crippen LogP contribution in [0.1, 0.15) is 23.0 Å². The van der Waals surface area contributed by atoms with Gasteiger partial charge in [0.05, 0.1) is 44.3 Å². The first-order valence-corrected chi connectivity index (χ1v) is 8.32. The van der Waals surface area contributed by atoms with Crippen LogP contribution in [0, 0.1) is 13.8 Å². The Bertz CT molecular complexity index is 772. The molecule has 3 rings (SSSR count). The van der Waals surface area contributed by atoms with Gasteiger partial charge in [0.25, 0.3) is 0 Å². The molecule has 0 radical (unpaired) electrons. The van der Waals surface area contributed by atoms with Crippen molar-refractivity contribution in [2.24, 2.45) is 5.73 Å². The van der Waals surface area contributed by atoms with Crippen LogP contribution in [0.4, 0.5) is 0 Å². The number of aryl methyl sites for hydroxylation is 1. The van der Waals surface area contributed by atoms with Crippen LogP contribution < -0.4 is 10.5 Å². The number of methoxy groups -OCH3 is 1. The van der Waals surface area contributed by atoms with E-state index in [0.717, 1.165) is 28.4 Å². The molecular weight excluding hydrogens is 320 g/mol. The Hall–Kier alpha value is -2.38. The van der Waals surface area contributed by atoms with Gasteiger partial charge in [-0.25, -0.2) is 4.68 Å². The number of amides is 1. The number of rotatable bonds is 5. The smallest absolute Gasteiger partial charge is 0.231 e. The van der Waals surface area contributed by atoms with Gasteiger partial charge in [-0.2, -0.15) is 5.10 Å². The van der Waals surface area contributed by atoms with Gasteiger partial charge in [-0.1, -0.05) is 6.07 Å². The van der Waals surface area contributed by atoms with Crippen molar-refractivity contribution in [2.75, 3.05) is 33.4 Å². The minimum atomic E-state index is -0.331. The number of nitrogens with zero attached hydrogens (tertiary/aromatic N) is 3. The van der Waals surface area contributed by atoms with E-state index in [9.17, 15) is 4.79 Å². The van der Waals surface area contributed by atoms with Gasteiger partial charge in [0, 0.05) is 23.9 Å². The Morgan fingerprint density at radius 2 is 2.24 bits per heavy atom. The highest BCUT2D eigenvalue weighted by Gasteiger charge is 2.30. The summed E-state index contributed by atoms with van der Waals surface area (Å²) in [6, 6.07) is 7.75. The zero-order chi connectivity index (χ0) is 18.0. The van der Waals surface area contributed by atoms with Gasteiger partial charge in [-0.15, -0.1) is 0 Å². The third-order valence-electron chi connectivity index (χ3n) is 4.58. The number of carbonyl (C=O) groups is 1. The summed E-state index contributed by atoms with van der Waals surface area (Å²) in [4.78, 5) is 13.5. The Labute approximate surface area is 147 Å². The zero-order valence-corrected chi connectivity index (χ0v) is 14.9. The molecular formula is C18H24N4O3. The van der Waals surface area contributed by atoms with Crippen LogP contribution in [0.5, 0.6) is 5.75 Å². The molecule has 2 N–H and O–H groups in total. The highest BCUT2D eigenvalue weighted by atomic mass is 16.5. The summed E-state index contributed by atoms with van der Waals surface area (Å²) in [6.07, 6.45) is 0. The third kappa shape index (κ3) is 3.52. The fourth-order valence-corrected chi connectivity index (χ4v) is 3.42. The van der Waals surface area contributed by atoms with Crippen molar-refractivity contribution in [1.82, 2.24) is 14.7 Å². The molecule has 0 unspecified atom stereocenters. The standard InChI is InChI=1S/C18H24N4O3/c1-12-18(16-11-25-8-7-21(16)10-17(19)23)13(2)22(20-12)14-5-4-6-15(9-14)24-3/h4-6,9,16H,7-8,10-11H2,1-3H3,(H2,19,23)/t16-/m1/s1. The number of carbonyl (C=O) groups excluding carboxylic acids is 1. The van der Waals surface area contributed by atoms with Crippen molar-refractivity contribution < 1.29 is 14.3 Å². The molecule has 2 heterocycles. The quantitative estimate of drug-likeness (QED) is 0.885. The summed E-state index contributed by atoms with van der Waals surface area (Å²) in [5.41, 5.74) is 9.38. The van der Waals surface area contributed by atoms with E-state index in [0.29, 0.717) is 19.8 Å². The second-order valence-corrected chi connectivity index (χ2v) is 6.23. The highest BCUT2D eigenvalue weighted by molar-refractivity contribution is 5.76. The maximum Gasteiger partial charge on any atom is 0.231 e. The first kappa shape index (κ1) is 17.4. The highest BCUT2D eigenvalue weighted by Crippen LogP contribution is 2.31. The largest absolute Gasteiger partial charge is 0.497 e. The second kappa shape index (κ2) is 7.25. The molecule has 1 fully saturated rings. The molecule has 1 aromatic carbocycles. The molecule has 1 aliphatic heterocycles. The molecule has 2 aromatic rings. The summed E-state index contributed by atoms with van der Waals surface area (Å²) >= 11 is 0. The molecule has 0 aliphatic carbocycles. The molecule has 1 aromatic heterocycles. The maximum absolute atomic E-state index is 11.4. The second-order valence-electron chi connectivity index (χ2n) is 6.23. The predicted molar refractivity (Wildman–Crippen MR) is 93.9 cm³/mol. The maximum atomic E-state index is 11.4. The van der Waals surface area contributed by atoms with Crippen molar-refractivity contribution in [3.8, 4) is 11.4 Å². The molecule has 134 valence electrons. The van der Waals surface area contributed by atoms with E-state index in [1.165, 1.54) is 0 Å². The van der Waals surface area contributed by atoms with Gasteiger partial charge in [-0.05, 0) is 26.0 Å². The SMILES string of the molecule is COc1cccc(-n2nc(C)c([C@H]3COCCN3CC(N)=O)c2C)c1. The van der Waals surface area contributed by atoms with Crippen LogP contribution in [0.15, 0.2) is 24.3 Å². The van der Waals surface area contributed by atoms with Gasteiger partial charge in [0.15, 0.2) is 0 Å². The lowest BCUT2D eigenvalue weighted by molar-refractivity contribution is -0.121. The Morgan fingerprint density at radius 3 is 2.96 bits per heavy atom. The molecule has 25 heavy (non-hydrogen) atoms. The molecule has 0 bridgehead atoms. The van der Waals surface area contributed by atoms with Gasteiger partial charge in [0.1, 0.15) is 5.75 Å². The van der Waals surface area contributed by atoms with E-state index < -0.39 is 0 Å². The van der Waals surface area contributed by atoms with E-state index in [1.807, 2.05) is 42.8 Å². The Morgan fingerprint density at radius 1 is 1.44 bits per heavy atom. The van der Waals surface area contributed by atoms with Crippen LogP contribution >= 0.6 is 0 Å². The number of aromatic nitrogens is 2. The van der Waals surface area contributed by atoms with Crippen molar-refractivity contribution in [3.63, 3.8) is 0 Å². The van der Waals surface area contributed by atoms with Crippen LogP contribution in [-0.2, 0) is 9.53 Å². The average Bonchev–Trinajstić information content (AvgIpc) is 2.89. The van der Waals surface area contributed by atoms with Gasteiger partial charge in [-0.3, -0.25) is 9.69 Å². The Balaban J connectivity index is 1.99. The number of ether oxygens (including phenoxy) is 2. The number of nitrogens with two attached hydrogens (primary N) is 1. The van der Waals surface area contributed by atoms with Crippen molar-refractivity contribution >= 4 is 5.91 Å². The fourth-order valence-electron chi connectivity index (χ4n) is 3.42. The summed E-state index contributed by atoms with van der Waals surface area (Å²) in [5, 5.41) is 4.71. The lowest BCUT2D eigenvalue weighted by Gasteiger charge is -2.35. The number of morpholine rings is 1. The molecule has 1 saturated heterocycles. The third-order valence-corrected chi connectivity index (χ3v) is 4.58. The molecule has 7 heteroatoms. The predicted octanol–water partition coefficient (Wildman–Crippen LogP) is 1.36. The molecule has 7 nitrogen and oxygen atoms in total. The van der Waals surface area contributed by atoms with E-state index in [1.54, 1.807) is 7.11 Å². The van der Waals surface area contributed by atoms with Gasteiger partial charge < -0.3 is 15.2 Å². The van der Waals surface area contributed by atoms with Gasteiger partial charge >= 0.3 is 0 Å². The lowest BCUT2D eigenvalue weighted by Crippen LogP contribution is -2.44. The number of primary amides is 1. The Kier molecular flexibility index (Phi) is 5.06. The molecule has 1 atom stereocenters. The minimum Gasteiger partial charge on any atom is -0.497 e. The number of hydrogen-bond donors (Lipinski definition) is 1. The van der Waals surface area contributed by atoms with E-state index in [-0.39, 0.29) is 18.5 Å². The monoisotopic (exact) mass is 344 g/mol. The molecule has 1 aliphatic rings. The van der Waals surface area contributed by atoms with Crippen LogP contribution in [0.3, 0.4) is 0 Å². The molecule has 0 spiro atoms. The van der Waals surface area contributed by atoms with E-state index in [2.05, 4.69) is 4.90 Å². The van der Waals surface area contributed by atoms with Crippen LogP contribution in [0.25, 0.3) is 5.69 Å². The molecule has 0 saturated carbocycles.